The van der Waals surface area contributed by atoms with E-state index in [2.05, 4.69) is 0 Å². The van der Waals surface area contributed by atoms with E-state index in [0.717, 1.165) is 21.3 Å². The van der Waals surface area contributed by atoms with Gasteiger partial charge >= 0.3 is 11.7 Å². The van der Waals surface area contributed by atoms with Gasteiger partial charge in [0, 0.05) is 43.1 Å². The summed E-state index contributed by atoms with van der Waals surface area (Å²) in [5.74, 6) is 0.370. The predicted octanol–water partition coefficient (Wildman–Crippen LogP) is 3.04. The van der Waals surface area contributed by atoms with Crippen LogP contribution in [0.4, 0.5) is 5.82 Å². The number of esters is 1. The zero-order valence-corrected chi connectivity index (χ0v) is 19.3. The van der Waals surface area contributed by atoms with Gasteiger partial charge in [-0.15, -0.1) is 0 Å². The minimum absolute atomic E-state index is 0.200. The smallest absolute Gasteiger partial charge is 0.332 e. The van der Waals surface area contributed by atoms with Gasteiger partial charge in [0.2, 0.25) is 0 Å². The third kappa shape index (κ3) is 3.06. The molecule has 172 valence electrons. The summed E-state index contributed by atoms with van der Waals surface area (Å²) in [5.41, 5.74) is 2.98. The van der Waals surface area contributed by atoms with E-state index in [1.807, 2.05) is 48.5 Å². The van der Waals surface area contributed by atoms with Gasteiger partial charge in [0.05, 0.1) is 18.4 Å². The number of carbonyl (C=O) groups is 1. The van der Waals surface area contributed by atoms with Crippen LogP contribution in [-0.2, 0) is 23.6 Å². The summed E-state index contributed by atoms with van der Waals surface area (Å²) < 4.78 is 13.6. The molecule has 1 aromatic heterocycles. The van der Waals surface area contributed by atoms with Gasteiger partial charge in [-0.2, -0.15) is 0 Å². The number of methoxy groups -OCH3 is 1. The molecule has 5 rings (SSSR count). The van der Waals surface area contributed by atoms with E-state index >= 15 is 0 Å². The van der Waals surface area contributed by atoms with Crippen molar-refractivity contribution in [3.8, 4) is 5.75 Å². The molecule has 3 aromatic rings. The first-order valence-electron chi connectivity index (χ1n) is 10.9. The number of nitrogens with zero attached hydrogens (tertiary/aromatic N) is 3. The maximum atomic E-state index is 13.5. The quantitative estimate of drug-likeness (QED) is 0.562. The van der Waals surface area contributed by atoms with Gasteiger partial charge in [-0.25, -0.2) is 9.79 Å². The Labute approximate surface area is 195 Å². The van der Waals surface area contributed by atoms with Crippen LogP contribution in [0, 0.1) is 0 Å². The molecule has 0 fully saturated rings. The van der Waals surface area contributed by atoms with Crippen LogP contribution < -0.4 is 16.0 Å². The zero-order chi connectivity index (χ0) is 24.1. The number of aliphatic imine (C=N–C) groups is 1. The summed E-state index contributed by atoms with van der Waals surface area (Å²) in [7, 11) is 4.63. The van der Waals surface area contributed by atoms with E-state index in [1.165, 1.54) is 11.6 Å². The molecular weight excluding hydrogens is 434 g/mol. The van der Waals surface area contributed by atoms with E-state index in [9.17, 15) is 14.4 Å². The highest BCUT2D eigenvalue weighted by atomic mass is 16.5. The van der Waals surface area contributed by atoms with E-state index in [0.29, 0.717) is 34.2 Å². The third-order valence-corrected chi connectivity index (χ3v) is 6.34. The SMILES string of the molecule is CCC(=O)OC1=C2C(=Nc3c(c(=O)n(C)c(=O)n3C)C2c2ccc(OC)cc2)c2ccccc21. The molecule has 8 heteroatoms. The number of fused-ring (bicyclic) bond motifs is 4. The monoisotopic (exact) mass is 457 g/mol. The van der Waals surface area contributed by atoms with Crippen molar-refractivity contribution in [3.63, 3.8) is 0 Å². The van der Waals surface area contributed by atoms with Gasteiger partial charge in [0.1, 0.15) is 17.3 Å². The Morgan fingerprint density at radius 3 is 2.32 bits per heavy atom. The Balaban J connectivity index is 1.91. The molecule has 0 bridgehead atoms. The average molecular weight is 457 g/mol. The molecular formula is C26H23N3O5. The molecule has 0 spiro atoms. The molecule has 0 amide bonds. The van der Waals surface area contributed by atoms with Crippen molar-refractivity contribution in [2.24, 2.45) is 19.1 Å². The molecule has 2 aromatic carbocycles. The minimum Gasteiger partial charge on any atom is -0.497 e. The number of rotatable bonds is 4. The van der Waals surface area contributed by atoms with Crippen molar-refractivity contribution in [1.29, 1.82) is 0 Å². The number of hydrogen-bond acceptors (Lipinski definition) is 6. The molecule has 0 saturated carbocycles. The number of allylic oxidation sites excluding steroid dienone is 1. The maximum Gasteiger partial charge on any atom is 0.332 e. The molecule has 1 unspecified atom stereocenters. The van der Waals surface area contributed by atoms with E-state index in [1.54, 1.807) is 21.1 Å². The Morgan fingerprint density at radius 2 is 1.68 bits per heavy atom. The number of hydrogen-bond donors (Lipinski definition) is 0. The van der Waals surface area contributed by atoms with E-state index < -0.39 is 17.2 Å². The molecule has 0 N–H and O–H groups in total. The van der Waals surface area contributed by atoms with Gasteiger partial charge in [-0.05, 0) is 17.7 Å². The summed E-state index contributed by atoms with van der Waals surface area (Å²) in [6, 6.07) is 14.9. The van der Waals surface area contributed by atoms with Gasteiger partial charge < -0.3 is 9.47 Å². The van der Waals surface area contributed by atoms with Crippen LogP contribution in [0.1, 0.15) is 41.5 Å². The molecule has 8 nitrogen and oxygen atoms in total. The fraction of sp³-hybridized carbons (Fsp3) is 0.231. The summed E-state index contributed by atoms with van der Waals surface area (Å²) in [6.45, 7) is 1.73. The van der Waals surface area contributed by atoms with Gasteiger partial charge in [0.15, 0.2) is 0 Å². The molecule has 34 heavy (non-hydrogen) atoms. The van der Waals surface area contributed by atoms with Crippen molar-refractivity contribution in [1.82, 2.24) is 9.13 Å². The van der Waals surface area contributed by atoms with Gasteiger partial charge in [-0.1, -0.05) is 43.3 Å². The lowest BCUT2D eigenvalue weighted by atomic mass is 9.81. The van der Waals surface area contributed by atoms with Crippen LogP contribution in [0.3, 0.4) is 0 Å². The first kappa shape index (κ1) is 21.6. The molecule has 1 aliphatic heterocycles. The number of benzene rings is 2. The fourth-order valence-electron chi connectivity index (χ4n) is 4.60. The summed E-state index contributed by atoms with van der Waals surface area (Å²) in [4.78, 5) is 43.4. The summed E-state index contributed by atoms with van der Waals surface area (Å²) in [5, 5.41) is 0. The van der Waals surface area contributed by atoms with E-state index in [4.69, 9.17) is 14.5 Å². The van der Waals surface area contributed by atoms with Crippen molar-refractivity contribution in [2.45, 2.75) is 19.3 Å². The van der Waals surface area contributed by atoms with Crippen molar-refractivity contribution in [2.75, 3.05) is 7.11 Å². The minimum atomic E-state index is -0.606. The van der Waals surface area contributed by atoms with Crippen LogP contribution in [0.15, 0.2) is 68.7 Å². The highest BCUT2D eigenvalue weighted by molar-refractivity contribution is 6.25. The van der Waals surface area contributed by atoms with Crippen LogP contribution in [0.25, 0.3) is 5.76 Å². The molecule has 0 saturated heterocycles. The first-order valence-corrected chi connectivity index (χ1v) is 10.9. The van der Waals surface area contributed by atoms with Crippen molar-refractivity contribution < 1.29 is 14.3 Å². The predicted molar refractivity (Wildman–Crippen MR) is 128 cm³/mol. The molecule has 1 aliphatic carbocycles. The lowest BCUT2D eigenvalue weighted by molar-refractivity contribution is -0.136. The van der Waals surface area contributed by atoms with Crippen LogP contribution in [0.5, 0.6) is 5.75 Å². The lowest BCUT2D eigenvalue weighted by Gasteiger charge is -2.27. The van der Waals surface area contributed by atoms with Crippen LogP contribution in [0.2, 0.25) is 0 Å². The standard InChI is InChI=1S/C26H23N3O5/c1-5-18(30)34-23-17-9-7-6-8-16(17)22-20(23)19(14-10-12-15(33-4)13-11-14)21-24(27-22)28(2)26(32)29(3)25(21)31/h6-13,19H,5H2,1-4H3. The second kappa shape index (κ2) is 7.98. The lowest BCUT2D eigenvalue weighted by Crippen LogP contribution is -2.41. The normalized spacial score (nSPS) is 15.9. The summed E-state index contributed by atoms with van der Waals surface area (Å²) >= 11 is 0. The first-order chi connectivity index (χ1) is 16.4. The second-order valence-corrected chi connectivity index (χ2v) is 8.23. The second-order valence-electron chi connectivity index (χ2n) is 8.23. The topological polar surface area (TPSA) is 91.9 Å². The molecule has 1 atom stereocenters. The molecule has 2 heterocycles. The van der Waals surface area contributed by atoms with Crippen molar-refractivity contribution >= 4 is 23.3 Å². The largest absolute Gasteiger partial charge is 0.497 e. The highest BCUT2D eigenvalue weighted by Crippen LogP contribution is 2.49. The molecule has 2 aliphatic rings. The molecule has 0 radical (unpaired) electrons. The van der Waals surface area contributed by atoms with E-state index in [-0.39, 0.29) is 12.4 Å². The van der Waals surface area contributed by atoms with Crippen molar-refractivity contribution in [3.05, 3.63) is 97.2 Å². The highest BCUT2D eigenvalue weighted by Gasteiger charge is 2.42. The zero-order valence-electron chi connectivity index (χ0n) is 19.3. The maximum absolute atomic E-state index is 13.5. The Hall–Kier alpha value is -4.20. The van der Waals surface area contributed by atoms with Gasteiger partial charge in [0.25, 0.3) is 5.56 Å². The Kier molecular flexibility index (Phi) is 5.08. The Morgan fingerprint density at radius 1 is 1.00 bits per heavy atom. The van der Waals surface area contributed by atoms with Crippen LogP contribution >= 0.6 is 0 Å². The number of aromatic nitrogens is 2. The Bertz CT molecular complexity index is 1520. The summed E-state index contributed by atoms with van der Waals surface area (Å²) in [6.07, 6.45) is 0.200. The average Bonchev–Trinajstić information content (AvgIpc) is 3.18. The van der Waals surface area contributed by atoms with Crippen LogP contribution in [-0.4, -0.2) is 27.9 Å². The number of carbonyl (C=O) groups excluding carboxylic acids is 1. The number of ether oxygens (including phenoxy) is 2. The van der Waals surface area contributed by atoms with Gasteiger partial charge in [-0.3, -0.25) is 18.7 Å². The third-order valence-electron chi connectivity index (χ3n) is 6.34. The fourth-order valence-corrected chi connectivity index (χ4v) is 4.60.